The Morgan fingerprint density at radius 2 is 2.00 bits per heavy atom. The van der Waals surface area contributed by atoms with Crippen LogP contribution in [-0.2, 0) is 4.74 Å². The van der Waals surface area contributed by atoms with E-state index >= 15 is 4.39 Å². The molecule has 0 saturated carbocycles. The summed E-state index contributed by atoms with van der Waals surface area (Å²) < 4.78 is 32.0. The van der Waals surface area contributed by atoms with E-state index in [0.29, 0.717) is 38.3 Å². The number of ether oxygens (including phenoxy) is 3. The normalized spacial score (nSPS) is 14.9. The molecule has 32 heavy (non-hydrogen) atoms. The molecule has 0 aliphatic carbocycles. The van der Waals surface area contributed by atoms with Crippen LogP contribution in [0, 0.1) is 5.82 Å². The first-order valence-corrected chi connectivity index (χ1v) is 10.2. The van der Waals surface area contributed by atoms with Crippen LogP contribution in [0.1, 0.15) is 19.8 Å². The van der Waals surface area contributed by atoms with Gasteiger partial charge in [0.15, 0.2) is 17.3 Å². The summed E-state index contributed by atoms with van der Waals surface area (Å²) in [6.07, 6.45) is 3.67. The highest BCUT2D eigenvalue weighted by molar-refractivity contribution is 5.94. The van der Waals surface area contributed by atoms with Crippen LogP contribution < -0.4 is 19.8 Å². The molecule has 1 saturated heterocycles. The van der Waals surface area contributed by atoms with Crippen molar-refractivity contribution in [1.29, 1.82) is 0 Å². The van der Waals surface area contributed by atoms with Crippen molar-refractivity contribution in [2.24, 2.45) is 0 Å². The Kier molecular flexibility index (Phi) is 5.89. The van der Waals surface area contributed by atoms with Crippen LogP contribution in [0.2, 0.25) is 0 Å². The van der Waals surface area contributed by atoms with Gasteiger partial charge in [-0.3, -0.25) is 4.79 Å². The molecule has 170 valence electrons. The second kappa shape index (κ2) is 8.77. The third-order valence-electron chi connectivity index (χ3n) is 5.35. The topological polar surface area (TPSA) is 111 Å². The van der Waals surface area contributed by atoms with Crippen molar-refractivity contribution >= 4 is 35.0 Å². The molecule has 1 aromatic heterocycles. The molecule has 2 aliphatic heterocycles. The van der Waals surface area contributed by atoms with Gasteiger partial charge in [0.2, 0.25) is 5.43 Å². The van der Waals surface area contributed by atoms with E-state index in [0.717, 1.165) is 18.9 Å². The molecule has 2 aromatic rings. The molecule has 2 aliphatic rings. The summed E-state index contributed by atoms with van der Waals surface area (Å²) in [6, 6.07) is 1.05. The van der Waals surface area contributed by atoms with Gasteiger partial charge in [0.25, 0.3) is 0 Å². The number of amides is 1. The molecule has 1 aromatic carbocycles. The number of pyridine rings is 1. The highest BCUT2D eigenvalue weighted by atomic mass is 19.1. The lowest BCUT2D eigenvalue weighted by atomic mass is 10.1. The summed E-state index contributed by atoms with van der Waals surface area (Å²) in [5.74, 6) is -0.997. The second-order valence-corrected chi connectivity index (χ2v) is 7.38. The number of halogens is 1. The Labute approximate surface area is 182 Å². The average molecular weight is 447 g/mol. The summed E-state index contributed by atoms with van der Waals surface area (Å²) in [5, 5.41) is 8.79. The number of nitrogens with zero attached hydrogens (tertiary/aromatic N) is 3. The van der Waals surface area contributed by atoms with E-state index in [1.54, 1.807) is 9.80 Å². The van der Waals surface area contributed by atoms with Crippen LogP contribution in [0.5, 0.6) is 11.5 Å². The number of hydrogen-bond acceptors (Lipinski definition) is 7. The number of hydrogen-bond donors (Lipinski definition) is 1. The molecule has 0 spiro atoms. The molecular weight excluding hydrogens is 425 g/mol. The van der Waals surface area contributed by atoms with Crippen LogP contribution in [-0.4, -0.2) is 59.6 Å². The Bertz CT molecular complexity index is 1150. The molecule has 1 amide bonds. The molecule has 0 radical (unpaired) electrons. The number of carboxylic acid groups (broad SMARTS) is 1. The van der Waals surface area contributed by atoms with Gasteiger partial charge in [0.05, 0.1) is 18.2 Å². The predicted octanol–water partition coefficient (Wildman–Crippen LogP) is 3.08. The lowest BCUT2D eigenvalue weighted by Gasteiger charge is -2.36. The molecule has 11 heteroatoms. The van der Waals surface area contributed by atoms with Crippen molar-refractivity contribution in [3.8, 4) is 11.5 Å². The van der Waals surface area contributed by atoms with Crippen molar-refractivity contribution in [3.63, 3.8) is 0 Å². The molecule has 1 N–H and O–H groups in total. The van der Waals surface area contributed by atoms with E-state index in [4.69, 9.17) is 14.6 Å². The number of unbranched alkanes of at least 4 members (excludes halogenated alkanes) is 1. The van der Waals surface area contributed by atoms with Crippen molar-refractivity contribution in [2.75, 3.05) is 37.7 Å². The highest BCUT2D eigenvalue weighted by Crippen LogP contribution is 2.40. The first-order valence-electron chi connectivity index (χ1n) is 10.2. The first kappa shape index (κ1) is 21.5. The number of benzene rings is 1. The van der Waals surface area contributed by atoms with Gasteiger partial charge in [-0.25, -0.2) is 14.0 Å². The first-order chi connectivity index (χ1) is 15.4. The minimum Gasteiger partial charge on any atom is -0.459 e. The summed E-state index contributed by atoms with van der Waals surface area (Å²) in [4.78, 5) is 39.0. The zero-order valence-corrected chi connectivity index (χ0v) is 17.4. The van der Waals surface area contributed by atoms with Crippen molar-refractivity contribution in [1.82, 2.24) is 9.47 Å². The molecule has 10 nitrogen and oxygen atoms in total. The highest BCUT2D eigenvalue weighted by Gasteiger charge is 2.30. The van der Waals surface area contributed by atoms with Crippen molar-refractivity contribution in [3.05, 3.63) is 34.6 Å². The smallest absolute Gasteiger partial charge is 0.459 e. The summed E-state index contributed by atoms with van der Waals surface area (Å²) in [5.41, 5.74) is -0.294. The Hall–Kier alpha value is -3.76. The summed E-state index contributed by atoms with van der Waals surface area (Å²) in [6.45, 7) is 3.75. The number of carbonyl (C=O) groups is 2. The van der Waals surface area contributed by atoms with Gasteiger partial charge in [-0.15, -0.1) is 0 Å². The monoisotopic (exact) mass is 447 g/mol. The van der Waals surface area contributed by atoms with Crippen LogP contribution in [0.15, 0.2) is 23.3 Å². The largest absolute Gasteiger partial charge is 0.511 e. The minimum atomic E-state index is -1.64. The second-order valence-electron chi connectivity index (χ2n) is 7.38. The molecule has 3 heterocycles. The van der Waals surface area contributed by atoms with Crippen LogP contribution in [0.4, 0.5) is 19.7 Å². The Balaban J connectivity index is 1.64. The summed E-state index contributed by atoms with van der Waals surface area (Å²) in [7, 11) is 0. The lowest BCUT2D eigenvalue weighted by molar-refractivity contribution is 0.0989. The maximum atomic E-state index is 15.2. The van der Waals surface area contributed by atoms with Gasteiger partial charge in [-0.05, 0) is 12.5 Å². The van der Waals surface area contributed by atoms with Gasteiger partial charge in [0.1, 0.15) is 17.5 Å². The fraction of sp³-hybridized carbons (Fsp3) is 0.381. The fourth-order valence-electron chi connectivity index (χ4n) is 3.78. The molecule has 0 unspecified atom stereocenters. The van der Waals surface area contributed by atoms with E-state index < -0.39 is 29.2 Å². The summed E-state index contributed by atoms with van der Waals surface area (Å²) >= 11 is 0. The van der Waals surface area contributed by atoms with Gasteiger partial charge in [-0.2, -0.15) is 0 Å². The van der Waals surface area contributed by atoms with Crippen LogP contribution in [0.25, 0.3) is 17.1 Å². The van der Waals surface area contributed by atoms with Gasteiger partial charge < -0.3 is 33.7 Å². The molecular formula is C21H22FN3O7. The maximum absolute atomic E-state index is 15.2. The quantitative estimate of drug-likeness (QED) is 0.550. The molecule has 0 bridgehead atoms. The Morgan fingerprint density at radius 3 is 2.69 bits per heavy atom. The van der Waals surface area contributed by atoms with Gasteiger partial charge in [0, 0.05) is 32.4 Å². The average Bonchev–Trinajstić information content (AvgIpc) is 2.77. The third-order valence-corrected chi connectivity index (χ3v) is 5.35. The van der Waals surface area contributed by atoms with Crippen LogP contribution >= 0.6 is 0 Å². The number of anilines is 1. The predicted molar refractivity (Wildman–Crippen MR) is 113 cm³/mol. The zero-order chi connectivity index (χ0) is 22.8. The van der Waals surface area contributed by atoms with Gasteiger partial charge >= 0.3 is 12.2 Å². The van der Waals surface area contributed by atoms with Gasteiger partial charge in [-0.1, -0.05) is 13.3 Å². The van der Waals surface area contributed by atoms with E-state index in [-0.39, 0.29) is 16.8 Å². The van der Waals surface area contributed by atoms with E-state index in [1.165, 1.54) is 23.2 Å². The molecule has 4 rings (SSSR count). The number of piperazine rings is 1. The number of aromatic nitrogens is 1. The van der Waals surface area contributed by atoms with Crippen molar-refractivity contribution < 1.29 is 33.3 Å². The fourth-order valence-corrected chi connectivity index (χ4v) is 3.78. The molecule has 1 fully saturated rings. The number of rotatable bonds is 5. The standard InChI is InChI=1S/C21H22FN3O7/c1-2-3-9-31-20(27)24-6-4-23(5-7-24)17-14(22)11-13-16-19(17)30-10-8-25(16)12-15(18(13)26)32-21(28)29/h8,10-12H,2-7,9H2,1H3,(H,28,29). The Morgan fingerprint density at radius 1 is 1.25 bits per heavy atom. The van der Waals surface area contributed by atoms with E-state index in [2.05, 4.69) is 4.74 Å². The third kappa shape index (κ3) is 3.93. The van der Waals surface area contributed by atoms with Crippen LogP contribution in [0.3, 0.4) is 0 Å². The molecule has 0 atom stereocenters. The van der Waals surface area contributed by atoms with Crippen molar-refractivity contribution in [2.45, 2.75) is 19.8 Å². The zero-order valence-electron chi connectivity index (χ0n) is 17.4. The lowest BCUT2D eigenvalue weighted by Crippen LogP contribution is -2.49. The number of carbonyl (C=O) groups excluding carboxylic acids is 1. The maximum Gasteiger partial charge on any atom is 0.511 e. The minimum absolute atomic E-state index is 0.0671. The van der Waals surface area contributed by atoms with E-state index in [1.807, 2.05) is 6.92 Å². The van der Waals surface area contributed by atoms with E-state index in [9.17, 15) is 14.4 Å². The SMILES string of the molecule is CCCCOC(=O)N1CCN(c2c(F)cc3c(=O)c(OC(=O)O)cn4c3c2OC=C4)CC1.